The summed E-state index contributed by atoms with van der Waals surface area (Å²) in [5.74, 6) is 0.109. The second-order valence-electron chi connectivity index (χ2n) is 7.17. The molecule has 3 amide bonds. The Kier molecular flexibility index (Phi) is 5.56. The maximum Gasteiger partial charge on any atom is 0.314 e. The van der Waals surface area contributed by atoms with Crippen molar-refractivity contribution in [1.82, 2.24) is 16.0 Å². The van der Waals surface area contributed by atoms with Gasteiger partial charge in [-0.25, -0.2) is 9.18 Å². The van der Waals surface area contributed by atoms with Crippen LogP contribution >= 0.6 is 0 Å². The van der Waals surface area contributed by atoms with Crippen molar-refractivity contribution in [2.45, 2.75) is 43.9 Å². The summed E-state index contributed by atoms with van der Waals surface area (Å²) in [7, 11) is 0. The molecule has 0 heterocycles. The van der Waals surface area contributed by atoms with Crippen molar-refractivity contribution < 1.29 is 14.0 Å². The minimum atomic E-state index is -0.241. The highest BCUT2D eigenvalue weighted by Crippen LogP contribution is 2.47. The van der Waals surface area contributed by atoms with Crippen LogP contribution in [0.15, 0.2) is 24.3 Å². The van der Waals surface area contributed by atoms with Gasteiger partial charge in [0.2, 0.25) is 5.91 Å². The summed E-state index contributed by atoms with van der Waals surface area (Å²) >= 11 is 0. The van der Waals surface area contributed by atoms with Gasteiger partial charge in [-0.1, -0.05) is 18.6 Å². The van der Waals surface area contributed by atoms with Gasteiger partial charge in [0.05, 0.1) is 0 Å². The van der Waals surface area contributed by atoms with Crippen molar-refractivity contribution in [3.05, 3.63) is 35.6 Å². The molecule has 6 heteroatoms. The first-order chi connectivity index (χ1) is 12.1. The molecule has 0 bridgehead atoms. The van der Waals surface area contributed by atoms with Gasteiger partial charge in [0, 0.05) is 31.0 Å². The molecule has 0 spiro atoms. The van der Waals surface area contributed by atoms with Gasteiger partial charge < -0.3 is 16.0 Å². The quantitative estimate of drug-likeness (QED) is 0.632. The van der Waals surface area contributed by atoms with E-state index in [1.54, 1.807) is 12.1 Å². The Morgan fingerprint density at radius 2 is 1.72 bits per heavy atom. The number of hydrogen-bond donors (Lipinski definition) is 3. The normalized spacial score (nSPS) is 18.1. The summed E-state index contributed by atoms with van der Waals surface area (Å²) in [6.45, 7) is 1.68. The van der Waals surface area contributed by atoms with Crippen LogP contribution < -0.4 is 16.0 Å². The average molecular weight is 347 g/mol. The van der Waals surface area contributed by atoms with E-state index in [0.717, 1.165) is 44.1 Å². The lowest BCUT2D eigenvalue weighted by molar-refractivity contribution is -0.127. The van der Waals surface area contributed by atoms with E-state index in [1.165, 1.54) is 12.1 Å². The third-order valence-corrected chi connectivity index (χ3v) is 5.31. The number of benzene rings is 1. The molecule has 136 valence electrons. The van der Waals surface area contributed by atoms with E-state index >= 15 is 0 Å². The molecule has 2 aliphatic rings. The van der Waals surface area contributed by atoms with Crippen molar-refractivity contribution in [3.63, 3.8) is 0 Å². The molecule has 5 nitrogen and oxygen atoms in total. The molecule has 1 aromatic carbocycles. The van der Waals surface area contributed by atoms with Crippen LogP contribution in [0, 0.1) is 11.7 Å². The largest absolute Gasteiger partial charge is 0.356 e. The highest BCUT2D eigenvalue weighted by Gasteiger charge is 2.44. The van der Waals surface area contributed by atoms with Crippen LogP contribution in [0.3, 0.4) is 0 Å². The van der Waals surface area contributed by atoms with Crippen molar-refractivity contribution in [2.75, 3.05) is 19.6 Å². The summed E-state index contributed by atoms with van der Waals surface area (Å²) in [6.07, 6.45) is 5.89. The summed E-state index contributed by atoms with van der Waals surface area (Å²) < 4.78 is 13.0. The van der Waals surface area contributed by atoms with E-state index in [0.29, 0.717) is 19.6 Å². The Balaban J connectivity index is 1.29. The third-order valence-electron chi connectivity index (χ3n) is 5.31. The number of halogens is 1. The van der Waals surface area contributed by atoms with Gasteiger partial charge >= 0.3 is 6.03 Å². The molecule has 3 rings (SSSR count). The number of nitrogens with one attached hydrogen (secondary N) is 3. The fourth-order valence-electron chi connectivity index (χ4n) is 3.15. The molecule has 3 N–H and O–H groups in total. The molecule has 1 aromatic rings. The van der Waals surface area contributed by atoms with E-state index in [1.807, 2.05) is 0 Å². The Morgan fingerprint density at radius 3 is 2.32 bits per heavy atom. The zero-order valence-corrected chi connectivity index (χ0v) is 14.4. The summed E-state index contributed by atoms with van der Waals surface area (Å²) in [5.41, 5.74) is 1.04. The smallest absolute Gasteiger partial charge is 0.314 e. The van der Waals surface area contributed by atoms with E-state index < -0.39 is 0 Å². The number of amides is 3. The van der Waals surface area contributed by atoms with E-state index in [4.69, 9.17) is 0 Å². The second-order valence-corrected chi connectivity index (χ2v) is 7.17. The maximum absolute atomic E-state index is 13.0. The first kappa shape index (κ1) is 17.7. The number of urea groups is 1. The SMILES string of the molecule is O=C(NCCCNC(=O)C1CCC1)NCC1(c2ccc(F)cc2)CC1. The molecular formula is C19H26FN3O2. The minimum absolute atomic E-state index is 0.0399. The highest BCUT2D eigenvalue weighted by atomic mass is 19.1. The molecule has 0 saturated heterocycles. The zero-order chi connectivity index (χ0) is 17.7. The monoisotopic (exact) mass is 347 g/mol. The van der Waals surface area contributed by atoms with Gasteiger partial charge in [0.15, 0.2) is 0 Å². The standard InChI is InChI=1S/C19H26FN3O2/c20-16-7-5-15(6-8-16)19(9-10-19)13-23-18(25)22-12-2-11-21-17(24)14-3-1-4-14/h5-8,14H,1-4,9-13H2,(H,21,24)(H2,22,23,25). The van der Waals surface area contributed by atoms with Crippen molar-refractivity contribution in [1.29, 1.82) is 0 Å². The lowest BCUT2D eigenvalue weighted by Crippen LogP contribution is -2.41. The van der Waals surface area contributed by atoms with Gasteiger partial charge in [-0.15, -0.1) is 0 Å². The van der Waals surface area contributed by atoms with Crippen LogP contribution in [0.2, 0.25) is 0 Å². The van der Waals surface area contributed by atoms with Crippen LogP contribution in [0.4, 0.5) is 9.18 Å². The number of hydrogen-bond acceptors (Lipinski definition) is 2. The highest BCUT2D eigenvalue weighted by molar-refractivity contribution is 5.79. The first-order valence-electron chi connectivity index (χ1n) is 9.15. The van der Waals surface area contributed by atoms with Crippen LogP contribution in [-0.2, 0) is 10.2 Å². The van der Waals surface area contributed by atoms with Gasteiger partial charge in [-0.3, -0.25) is 4.79 Å². The van der Waals surface area contributed by atoms with E-state index in [-0.39, 0.29) is 29.1 Å². The van der Waals surface area contributed by atoms with Gasteiger partial charge in [0.25, 0.3) is 0 Å². The van der Waals surface area contributed by atoms with Crippen molar-refractivity contribution >= 4 is 11.9 Å². The van der Waals surface area contributed by atoms with Crippen LogP contribution in [0.25, 0.3) is 0 Å². The minimum Gasteiger partial charge on any atom is -0.356 e. The van der Waals surface area contributed by atoms with Crippen molar-refractivity contribution in [2.24, 2.45) is 5.92 Å². The summed E-state index contributed by atoms with van der Waals surface area (Å²) in [6, 6.07) is 6.33. The van der Waals surface area contributed by atoms with E-state index in [2.05, 4.69) is 16.0 Å². The topological polar surface area (TPSA) is 70.2 Å². The average Bonchev–Trinajstić information content (AvgIpc) is 3.33. The predicted octanol–water partition coefficient (Wildman–Crippen LogP) is 2.46. The molecule has 2 fully saturated rings. The fraction of sp³-hybridized carbons (Fsp3) is 0.579. The second kappa shape index (κ2) is 7.85. The van der Waals surface area contributed by atoms with Gasteiger partial charge in [0.1, 0.15) is 5.82 Å². The van der Waals surface area contributed by atoms with Gasteiger partial charge in [-0.05, 0) is 49.8 Å². The Bertz CT molecular complexity index is 610. The van der Waals surface area contributed by atoms with Crippen LogP contribution in [0.1, 0.15) is 44.1 Å². The van der Waals surface area contributed by atoms with Gasteiger partial charge in [-0.2, -0.15) is 0 Å². The van der Waals surface area contributed by atoms with E-state index in [9.17, 15) is 14.0 Å². The maximum atomic E-state index is 13.0. The molecule has 0 aromatic heterocycles. The van der Waals surface area contributed by atoms with Crippen molar-refractivity contribution in [3.8, 4) is 0 Å². The molecule has 0 atom stereocenters. The Morgan fingerprint density at radius 1 is 1.04 bits per heavy atom. The zero-order valence-electron chi connectivity index (χ0n) is 14.4. The lowest BCUT2D eigenvalue weighted by Gasteiger charge is -2.24. The molecular weight excluding hydrogens is 321 g/mol. The number of carbonyl (C=O) groups excluding carboxylic acids is 2. The molecule has 2 aliphatic carbocycles. The lowest BCUT2D eigenvalue weighted by atomic mass is 9.85. The predicted molar refractivity (Wildman–Crippen MR) is 93.7 cm³/mol. The Labute approximate surface area is 147 Å². The third kappa shape index (κ3) is 4.71. The Hall–Kier alpha value is -2.11. The molecule has 2 saturated carbocycles. The molecule has 0 radical (unpaired) electrons. The molecule has 0 unspecified atom stereocenters. The molecule has 25 heavy (non-hydrogen) atoms. The summed E-state index contributed by atoms with van der Waals surface area (Å²) in [4.78, 5) is 23.6. The first-order valence-corrected chi connectivity index (χ1v) is 9.15. The number of carbonyl (C=O) groups is 2. The summed E-state index contributed by atoms with van der Waals surface area (Å²) in [5, 5.41) is 8.63. The van der Waals surface area contributed by atoms with Crippen LogP contribution in [-0.4, -0.2) is 31.6 Å². The van der Waals surface area contributed by atoms with Crippen LogP contribution in [0.5, 0.6) is 0 Å². The number of rotatable bonds is 8. The molecule has 0 aliphatic heterocycles. The fourth-order valence-corrected chi connectivity index (χ4v) is 3.15.